The van der Waals surface area contributed by atoms with Crippen molar-refractivity contribution in [2.24, 2.45) is 0 Å². The van der Waals surface area contributed by atoms with Crippen LogP contribution in [0, 0.1) is 0 Å². The summed E-state index contributed by atoms with van der Waals surface area (Å²) >= 11 is 0. The molecule has 0 aliphatic rings. The van der Waals surface area contributed by atoms with Gasteiger partial charge in [0, 0.05) is 0 Å². The average molecular weight is 595 g/mol. The quantitative estimate of drug-likeness (QED) is 0.219. The number of hydrogen-bond donors (Lipinski definition) is 0. The second-order valence-corrected chi connectivity index (χ2v) is 7.98. The summed E-state index contributed by atoms with van der Waals surface area (Å²) in [4.78, 5) is 52.5. The molecule has 42 heavy (non-hydrogen) atoms. The molecule has 0 aromatic heterocycles. The Balaban J connectivity index is 2.55. The zero-order valence-corrected chi connectivity index (χ0v) is 24.6. The predicted octanol–water partition coefficient (Wildman–Crippen LogP) is 2.62. The lowest BCUT2D eigenvalue weighted by Gasteiger charge is -2.24. The Morgan fingerprint density at radius 3 is 1.02 bits per heavy atom. The molecule has 14 nitrogen and oxygen atoms in total. The fourth-order valence-corrected chi connectivity index (χ4v) is 3.68. The molecular weight excluding hydrogens is 560 g/mol. The van der Waals surface area contributed by atoms with Crippen LogP contribution in [0.5, 0.6) is 34.5 Å². The first-order valence-corrected chi connectivity index (χ1v) is 12.5. The van der Waals surface area contributed by atoms with Gasteiger partial charge in [-0.1, -0.05) is 0 Å². The molecule has 0 unspecified atom stereocenters. The molecule has 0 spiro atoms. The number of rotatable bonds is 15. The van der Waals surface area contributed by atoms with E-state index >= 15 is 0 Å². The van der Waals surface area contributed by atoms with Crippen molar-refractivity contribution in [2.45, 2.75) is 26.1 Å². The third-order valence-corrected chi connectivity index (χ3v) is 5.58. The van der Waals surface area contributed by atoms with Crippen LogP contribution in [-0.4, -0.2) is 92.0 Å². The van der Waals surface area contributed by atoms with Crippen LogP contribution in [0.2, 0.25) is 0 Å². The zero-order chi connectivity index (χ0) is 31.4. The lowest BCUT2D eigenvalue weighted by molar-refractivity contribution is -0.173. The molecule has 230 valence electrons. The van der Waals surface area contributed by atoms with Crippen molar-refractivity contribution >= 4 is 23.9 Å². The van der Waals surface area contributed by atoms with E-state index in [1.165, 1.54) is 80.8 Å². The first-order chi connectivity index (χ1) is 20.1. The second-order valence-electron chi connectivity index (χ2n) is 7.98. The maximum atomic E-state index is 13.3. The van der Waals surface area contributed by atoms with Gasteiger partial charge in [0.15, 0.2) is 23.0 Å². The second kappa shape index (κ2) is 15.8. The van der Waals surface area contributed by atoms with Crippen LogP contribution in [-0.2, 0) is 28.5 Å². The van der Waals surface area contributed by atoms with Gasteiger partial charge in [-0.3, -0.25) is 0 Å². The Morgan fingerprint density at radius 1 is 0.524 bits per heavy atom. The number of benzene rings is 2. The normalized spacial score (nSPS) is 11.7. The molecule has 0 N–H and O–H groups in total. The smallest absolute Gasteiger partial charge is 0.352 e. The van der Waals surface area contributed by atoms with E-state index in [0.29, 0.717) is 0 Å². The number of ether oxygens (including phenoxy) is 10. The van der Waals surface area contributed by atoms with Crippen LogP contribution in [0.15, 0.2) is 24.3 Å². The maximum Gasteiger partial charge on any atom is 0.352 e. The summed E-state index contributed by atoms with van der Waals surface area (Å²) in [6.07, 6.45) is -4.14. The van der Waals surface area contributed by atoms with Crippen molar-refractivity contribution in [1.82, 2.24) is 0 Å². The highest BCUT2D eigenvalue weighted by molar-refractivity contribution is 5.97. The first kappa shape index (κ1) is 33.3. The average Bonchev–Trinajstić information content (AvgIpc) is 3.00. The van der Waals surface area contributed by atoms with Crippen LogP contribution in [0.25, 0.3) is 0 Å². The van der Waals surface area contributed by atoms with E-state index in [2.05, 4.69) is 0 Å². The largest absolute Gasteiger partial charge is 0.493 e. The number of esters is 4. The molecule has 2 aromatic rings. The molecule has 0 saturated carbocycles. The summed E-state index contributed by atoms with van der Waals surface area (Å²) in [5, 5.41) is 0. The summed E-state index contributed by atoms with van der Waals surface area (Å²) in [5.74, 6) is -3.69. The molecule has 0 amide bonds. The summed E-state index contributed by atoms with van der Waals surface area (Å²) < 4.78 is 52.4. The summed E-state index contributed by atoms with van der Waals surface area (Å²) in [6.45, 7) is 2.70. The maximum absolute atomic E-state index is 13.3. The van der Waals surface area contributed by atoms with Gasteiger partial charge in [-0.15, -0.1) is 0 Å². The van der Waals surface area contributed by atoms with E-state index in [-0.39, 0.29) is 58.8 Å². The summed E-state index contributed by atoms with van der Waals surface area (Å²) in [7, 11) is 8.11. The minimum atomic E-state index is -2.07. The molecule has 2 rings (SSSR count). The highest BCUT2D eigenvalue weighted by atomic mass is 16.6. The predicted molar refractivity (Wildman–Crippen MR) is 144 cm³/mol. The molecule has 0 heterocycles. The van der Waals surface area contributed by atoms with Crippen LogP contribution < -0.4 is 28.4 Å². The van der Waals surface area contributed by atoms with E-state index < -0.39 is 36.1 Å². The molecule has 0 fully saturated rings. The van der Waals surface area contributed by atoms with Crippen LogP contribution in [0.3, 0.4) is 0 Å². The van der Waals surface area contributed by atoms with Crippen molar-refractivity contribution in [2.75, 3.05) is 55.9 Å². The molecule has 0 saturated heterocycles. The van der Waals surface area contributed by atoms with Gasteiger partial charge in [-0.25, -0.2) is 19.2 Å². The zero-order valence-electron chi connectivity index (χ0n) is 24.6. The summed E-state index contributed by atoms with van der Waals surface area (Å²) in [5.41, 5.74) is -0.283. The van der Waals surface area contributed by atoms with Gasteiger partial charge in [-0.05, 0) is 38.1 Å². The van der Waals surface area contributed by atoms with Gasteiger partial charge < -0.3 is 47.4 Å². The Hall–Kier alpha value is -4.88. The fourth-order valence-electron chi connectivity index (χ4n) is 3.68. The number of carbonyl (C=O) groups excluding carboxylic acids is 4. The van der Waals surface area contributed by atoms with Crippen LogP contribution >= 0.6 is 0 Å². The Bertz CT molecular complexity index is 1120. The SMILES string of the molecule is CCOC(=O)[C@@H](OC(=O)c1cc(OC)c(OC)c(OC)c1)[C@H](OC(=O)c1cc(OC)c(OC)c(OC)c1)C(=O)OCC. The van der Waals surface area contributed by atoms with Gasteiger partial charge in [0.1, 0.15) is 0 Å². The third-order valence-electron chi connectivity index (χ3n) is 5.58. The number of methoxy groups -OCH3 is 6. The molecule has 0 radical (unpaired) electrons. The third kappa shape index (κ3) is 7.65. The van der Waals surface area contributed by atoms with Crippen LogP contribution in [0.4, 0.5) is 0 Å². The van der Waals surface area contributed by atoms with E-state index in [9.17, 15) is 19.2 Å². The standard InChI is InChI=1S/C28H34O14/c1-9-39-27(31)23(41-25(29)15-11-17(33-3)21(37-7)18(12-15)34-4)24(28(32)40-10-2)42-26(30)16-13-19(35-5)22(38-8)20(14-16)36-6/h11-14,23-24H,9-10H2,1-8H3/t23-,24-/m0/s1. The van der Waals surface area contributed by atoms with Crippen molar-refractivity contribution in [1.29, 1.82) is 0 Å². The van der Waals surface area contributed by atoms with E-state index in [0.717, 1.165) is 0 Å². The van der Waals surface area contributed by atoms with Gasteiger partial charge in [0.2, 0.25) is 23.7 Å². The molecule has 2 aromatic carbocycles. The molecule has 0 bridgehead atoms. The van der Waals surface area contributed by atoms with Crippen molar-refractivity contribution in [3.05, 3.63) is 35.4 Å². The highest BCUT2D eigenvalue weighted by Gasteiger charge is 2.43. The molecule has 2 atom stereocenters. The minimum Gasteiger partial charge on any atom is -0.493 e. The molecule has 0 aliphatic heterocycles. The molecule has 14 heteroatoms. The monoisotopic (exact) mass is 594 g/mol. The van der Waals surface area contributed by atoms with Gasteiger partial charge in [0.05, 0.1) is 67.0 Å². The topological polar surface area (TPSA) is 161 Å². The van der Waals surface area contributed by atoms with Gasteiger partial charge in [0.25, 0.3) is 0 Å². The minimum absolute atomic E-state index is 0.118. The highest BCUT2D eigenvalue weighted by Crippen LogP contribution is 2.39. The van der Waals surface area contributed by atoms with Crippen molar-refractivity contribution in [3.63, 3.8) is 0 Å². The van der Waals surface area contributed by atoms with Gasteiger partial charge >= 0.3 is 23.9 Å². The molecular formula is C28H34O14. The lowest BCUT2D eigenvalue weighted by atomic mass is 10.1. The number of carbonyl (C=O) groups is 4. The Labute approximate surface area is 242 Å². The van der Waals surface area contributed by atoms with Crippen molar-refractivity contribution in [3.8, 4) is 34.5 Å². The Kier molecular flexibility index (Phi) is 12.5. The fraction of sp³-hybridized carbons (Fsp3) is 0.429. The van der Waals surface area contributed by atoms with Crippen LogP contribution in [0.1, 0.15) is 34.6 Å². The van der Waals surface area contributed by atoms with Crippen molar-refractivity contribution < 1.29 is 66.5 Å². The van der Waals surface area contributed by atoms with E-state index in [1.807, 2.05) is 0 Å². The Morgan fingerprint density at radius 2 is 0.810 bits per heavy atom. The van der Waals surface area contributed by atoms with E-state index in [4.69, 9.17) is 47.4 Å². The molecule has 0 aliphatic carbocycles. The van der Waals surface area contributed by atoms with E-state index in [1.54, 1.807) is 0 Å². The number of hydrogen-bond acceptors (Lipinski definition) is 14. The summed E-state index contributed by atoms with van der Waals surface area (Å²) in [6, 6.07) is 5.08. The first-order valence-electron chi connectivity index (χ1n) is 12.5. The lowest BCUT2D eigenvalue weighted by Crippen LogP contribution is -2.47. The van der Waals surface area contributed by atoms with Gasteiger partial charge in [-0.2, -0.15) is 0 Å².